The predicted molar refractivity (Wildman–Crippen MR) is 65.5 cm³/mol. The Bertz CT molecular complexity index is 312. The maximum atomic E-state index is 11.8. The lowest BCUT2D eigenvalue weighted by atomic mass is 10.4. The summed E-state index contributed by atoms with van der Waals surface area (Å²) in [5, 5.41) is 3.17. The molecule has 0 heterocycles. The number of nitrogens with zero attached hydrogens (tertiary/aromatic N) is 1. The van der Waals surface area contributed by atoms with E-state index in [2.05, 4.69) is 10.0 Å². The molecule has 1 fully saturated rings. The third-order valence-electron chi connectivity index (χ3n) is 2.86. The highest BCUT2D eigenvalue weighted by Crippen LogP contribution is 2.35. The van der Waals surface area contributed by atoms with E-state index in [9.17, 15) is 8.42 Å². The van der Waals surface area contributed by atoms with Gasteiger partial charge in [0.25, 0.3) is 10.2 Å². The monoisotopic (exact) mass is 249 g/mol. The molecule has 0 radical (unpaired) electrons. The minimum atomic E-state index is -3.29. The summed E-state index contributed by atoms with van der Waals surface area (Å²) in [6, 6.07) is 0. The van der Waals surface area contributed by atoms with Crippen LogP contribution in [0.4, 0.5) is 0 Å². The largest absolute Gasteiger partial charge is 0.317 e. The van der Waals surface area contributed by atoms with Gasteiger partial charge in [0.1, 0.15) is 0 Å². The van der Waals surface area contributed by atoms with Crippen molar-refractivity contribution >= 4 is 10.2 Å². The molecular formula is C10H23N3O2S. The molecule has 0 saturated heterocycles. The van der Waals surface area contributed by atoms with Crippen molar-refractivity contribution in [1.29, 1.82) is 0 Å². The van der Waals surface area contributed by atoms with Gasteiger partial charge >= 0.3 is 0 Å². The Morgan fingerprint density at radius 1 is 1.38 bits per heavy atom. The van der Waals surface area contributed by atoms with Gasteiger partial charge in [-0.2, -0.15) is 17.4 Å². The van der Waals surface area contributed by atoms with Crippen molar-refractivity contribution in [3.05, 3.63) is 0 Å². The van der Waals surface area contributed by atoms with Crippen molar-refractivity contribution in [2.75, 3.05) is 26.7 Å². The average Bonchev–Trinajstić information content (AvgIpc) is 2.89. The van der Waals surface area contributed by atoms with E-state index >= 15 is 0 Å². The molecule has 0 atom stereocenters. The van der Waals surface area contributed by atoms with Crippen LogP contribution in [0.15, 0.2) is 0 Å². The smallest absolute Gasteiger partial charge is 0.279 e. The van der Waals surface area contributed by atoms with Gasteiger partial charge in [0.05, 0.1) is 0 Å². The van der Waals surface area contributed by atoms with Crippen molar-refractivity contribution in [3.63, 3.8) is 0 Å². The van der Waals surface area contributed by atoms with Crippen LogP contribution in [0.5, 0.6) is 0 Å². The van der Waals surface area contributed by atoms with Gasteiger partial charge in [0.2, 0.25) is 0 Å². The first-order valence-corrected chi connectivity index (χ1v) is 7.29. The van der Waals surface area contributed by atoms with Gasteiger partial charge in [-0.25, -0.2) is 0 Å². The highest BCUT2D eigenvalue weighted by atomic mass is 32.2. The Balaban J connectivity index is 2.31. The predicted octanol–water partition coefficient (Wildman–Crippen LogP) is 0.305. The highest BCUT2D eigenvalue weighted by Gasteiger charge is 2.41. The van der Waals surface area contributed by atoms with Crippen LogP contribution in [-0.4, -0.2) is 44.9 Å². The van der Waals surface area contributed by atoms with Gasteiger partial charge in [-0.3, -0.25) is 0 Å². The summed E-state index contributed by atoms with van der Waals surface area (Å²) in [4.78, 5) is 0. The topological polar surface area (TPSA) is 61.4 Å². The van der Waals surface area contributed by atoms with E-state index in [0.29, 0.717) is 6.54 Å². The summed E-state index contributed by atoms with van der Waals surface area (Å²) in [6.45, 7) is 6.31. The molecule has 6 heteroatoms. The molecule has 1 saturated carbocycles. The van der Waals surface area contributed by atoms with Crippen LogP contribution in [0.2, 0.25) is 0 Å². The summed E-state index contributed by atoms with van der Waals surface area (Å²) >= 11 is 0. The van der Waals surface area contributed by atoms with E-state index in [4.69, 9.17) is 0 Å². The fourth-order valence-electron chi connectivity index (χ4n) is 1.40. The first-order valence-electron chi connectivity index (χ1n) is 5.85. The molecule has 96 valence electrons. The summed E-state index contributed by atoms with van der Waals surface area (Å²) in [6.07, 6.45) is 2.72. The summed E-state index contributed by atoms with van der Waals surface area (Å²) in [7, 11) is -1.66. The number of hydrogen-bond acceptors (Lipinski definition) is 3. The maximum Gasteiger partial charge on any atom is 0.279 e. The quantitative estimate of drug-likeness (QED) is 0.608. The minimum absolute atomic E-state index is 0.186. The molecule has 5 nitrogen and oxygen atoms in total. The molecule has 0 aromatic rings. The third-order valence-corrected chi connectivity index (χ3v) is 4.62. The van der Waals surface area contributed by atoms with Gasteiger partial charge in [-0.15, -0.1) is 0 Å². The molecule has 0 bridgehead atoms. The Morgan fingerprint density at radius 2 is 2.00 bits per heavy atom. The van der Waals surface area contributed by atoms with Crippen LogP contribution in [0, 0.1) is 0 Å². The second kappa shape index (κ2) is 5.44. The zero-order valence-corrected chi connectivity index (χ0v) is 11.2. The van der Waals surface area contributed by atoms with Crippen molar-refractivity contribution < 1.29 is 8.42 Å². The van der Waals surface area contributed by atoms with Gasteiger partial charge < -0.3 is 5.32 Å². The molecule has 0 spiro atoms. The second-order valence-electron chi connectivity index (χ2n) is 4.70. The summed E-state index contributed by atoms with van der Waals surface area (Å²) < 4.78 is 27.8. The van der Waals surface area contributed by atoms with Crippen LogP contribution in [0.25, 0.3) is 0 Å². The molecule has 0 aliphatic heterocycles. The average molecular weight is 249 g/mol. The number of rotatable bonds is 8. The first-order chi connectivity index (χ1) is 7.40. The molecule has 2 N–H and O–H groups in total. The van der Waals surface area contributed by atoms with E-state index in [-0.39, 0.29) is 5.54 Å². The lowest BCUT2D eigenvalue weighted by molar-refractivity contribution is 0.436. The van der Waals surface area contributed by atoms with E-state index < -0.39 is 10.2 Å². The molecule has 1 aliphatic carbocycles. The van der Waals surface area contributed by atoms with Gasteiger partial charge in [0, 0.05) is 19.1 Å². The maximum absolute atomic E-state index is 11.8. The zero-order valence-electron chi connectivity index (χ0n) is 10.4. The van der Waals surface area contributed by atoms with Crippen molar-refractivity contribution in [1.82, 2.24) is 14.3 Å². The van der Waals surface area contributed by atoms with Gasteiger partial charge in [-0.1, -0.05) is 6.92 Å². The van der Waals surface area contributed by atoms with Gasteiger partial charge in [0.15, 0.2) is 0 Å². The lowest BCUT2D eigenvalue weighted by Gasteiger charge is -2.20. The zero-order chi connectivity index (χ0) is 12.2. The van der Waals surface area contributed by atoms with Crippen molar-refractivity contribution in [3.8, 4) is 0 Å². The highest BCUT2D eigenvalue weighted by molar-refractivity contribution is 7.87. The van der Waals surface area contributed by atoms with E-state index in [1.807, 2.05) is 13.8 Å². The van der Waals surface area contributed by atoms with Gasteiger partial charge in [-0.05, 0) is 39.3 Å². The number of nitrogens with one attached hydrogen (secondary N) is 2. The molecule has 0 unspecified atom stereocenters. The van der Waals surface area contributed by atoms with Crippen LogP contribution in [0.3, 0.4) is 0 Å². The Labute approximate surface area is 98.8 Å². The second-order valence-corrected chi connectivity index (χ2v) is 6.47. The lowest BCUT2D eigenvalue weighted by Crippen LogP contribution is -2.44. The molecule has 16 heavy (non-hydrogen) atoms. The van der Waals surface area contributed by atoms with Crippen LogP contribution in [-0.2, 0) is 10.2 Å². The fraction of sp³-hybridized carbons (Fsp3) is 1.00. The Kier molecular flexibility index (Phi) is 4.73. The van der Waals surface area contributed by atoms with Crippen molar-refractivity contribution in [2.24, 2.45) is 0 Å². The standard InChI is InChI=1S/C10H23N3O2S/c1-4-11-8-5-9-13(3)16(14,15)12-10(2)6-7-10/h11-12H,4-9H2,1-3H3. The van der Waals surface area contributed by atoms with E-state index in [1.165, 1.54) is 4.31 Å². The summed E-state index contributed by atoms with van der Waals surface area (Å²) in [5.41, 5.74) is -0.186. The molecule has 0 amide bonds. The molecule has 0 aromatic carbocycles. The molecule has 0 aromatic heterocycles. The molecular weight excluding hydrogens is 226 g/mol. The van der Waals surface area contributed by atoms with E-state index in [0.717, 1.165) is 32.4 Å². The minimum Gasteiger partial charge on any atom is -0.317 e. The number of hydrogen-bond donors (Lipinski definition) is 2. The fourth-order valence-corrected chi connectivity index (χ4v) is 2.75. The normalized spacial score (nSPS) is 19.0. The first kappa shape index (κ1) is 13.9. The van der Waals surface area contributed by atoms with Crippen LogP contribution < -0.4 is 10.0 Å². The molecule has 1 rings (SSSR count). The van der Waals surface area contributed by atoms with Crippen LogP contribution in [0.1, 0.15) is 33.1 Å². The summed E-state index contributed by atoms with van der Waals surface area (Å²) in [5.74, 6) is 0. The SMILES string of the molecule is CCNCCCN(C)S(=O)(=O)NC1(C)CC1. The molecule has 1 aliphatic rings. The Morgan fingerprint density at radius 3 is 2.50 bits per heavy atom. The van der Waals surface area contributed by atoms with Crippen LogP contribution >= 0.6 is 0 Å². The third kappa shape index (κ3) is 4.37. The Hall–Kier alpha value is -0.170. The van der Waals surface area contributed by atoms with Crippen molar-refractivity contribution in [2.45, 2.75) is 38.6 Å². The van der Waals surface area contributed by atoms with E-state index in [1.54, 1.807) is 7.05 Å².